The Balaban J connectivity index is 2.13. The molecule has 0 heterocycles. The number of aryl methyl sites for hydroxylation is 1. The van der Waals surface area contributed by atoms with Gasteiger partial charge in [-0.25, -0.2) is 0 Å². The highest BCUT2D eigenvalue weighted by Crippen LogP contribution is 2.20. The van der Waals surface area contributed by atoms with Gasteiger partial charge in [-0.3, -0.25) is 9.59 Å². The van der Waals surface area contributed by atoms with Crippen LogP contribution in [-0.2, 0) is 16.1 Å². The number of hydrogen-bond acceptors (Lipinski definition) is 3. The summed E-state index contributed by atoms with van der Waals surface area (Å²) in [4.78, 5) is 28.2. The Bertz CT molecular complexity index is 749. The monoisotopic (exact) mass is 384 g/mol. The molecule has 0 saturated heterocycles. The summed E-state index contributed by atoms with van der Waals surface area (Å²) in [7, 11) is 0. The van der Waals surface area contributed by atoms with Gasteiger partial charge in [0.15, 0.2) is 0 Å². The van der Waals surface area contributed by atoms with Gasteiger partial charge in [-0.05, 0) is 43.5 Å². The molecule has 2 aromatic rings. The summed E-state index contributed by atoms with van der Waals surface area (Å²) < 4.78 is 0. The second-order valence-electron chi connectivity index (χ2n) is 6.52. The van der Waals surface area contributed by atoms with E-state index in [9.17, 15) is 9.59 Å². The van der Waals surface area contributed by atoms with E-state index in [0.29, 0.717) is 18.8 Å². The first-order valence-electron chi connectivity index (χ1n) is 9.32. The highest BCUT2D eigenvalue weighted by Gasteiger charge is 2.26. The molecule has 1 atom stereocenters. The zero-order valence-corrected chi connectivity index (χ0v) is 17.1. The average molecular weight is 385 g/mol. The van der Waals surface area contributed by atoms with Crippen LogP contribution in [0.15, 0.2) is 59.5 Å². The van der Waals surface area contributed by atoms with Crippen LogP contribution in [0.25, 0.3) is 0 Å². The van der Waals surface area contributed by atoms with Crippen molar-refractivity contribution >= 4 is 23.6 Å². The van der Waals surface area contributed by atoms with Crippen LogP contribution in [0.5, 0.6) is 0 Å². The fourth-order valence-electron chi connectivity index (χ4n) is 2.69. The number of carbonyl (C=O) groups is 2. The van der Waals surface area contributed by atoms with E-state index < -0.39 is 6.04 Å². The van der Waals surface area contributed by atoms with Gasteiger partial charge in [0.05, 0.1) is 5.75 Å². The van der Waals surface area contributed by atoms with Gasteiger partial charge in [0.1, 0.15) is 6.04 Å². The van der Waals surface area contributed by atoms with Crippen LogP contribution in [0.1, 0.15) is 31.4 Å². The zero-order valence-electron chi connectivity index (χ0n) is 16.3. The van der Waals surface area contributed by atoms with E-state index in [1.165, 1.54) is 11.8 Å². The minimum absolute atomic E-state index is 0.0359. The number of carbonyl (C=O) groups excluding carboxylic acids is 2. The highest BCUT2D eigenvalue weighted by atomic mass is 32.2. The molecule has 2 amide bonds. The van der Waals surface area contributed by atoms with E-state index in [4.69, 9.17) is 0 Å². The van der Waals surface area contributed by atoms with Crippen molar-refractivity contribution in [2.75, 3.05) is 12.3 Å². The largest absolute Gasteiger partial charge is 0.354 e. The first kappa shape index (κ1) is 21.0. The molecule has 2 rings (SSSR count). The number of thioether (sulfide) groups is 1. The second kappa shape index (κ2) is 10.8. The Kier molecular flexibility index (Phi) is 8.40. The fourth-order valence-corrected chi connectivity index (χ4v) is 3.50. The fraction of sp³-hybridized carbons (Fsp3) is 0.364. The van der Waals surface area contributed by atoms with Crippen LogP contribution in [0.2, 0.25) is 0 Å². The SMILES string of the molecule is CCCNC(=O)[C@H](C)N(Cc1ccccc1C)C(=O)CSc1ccccc1. The van der Waals surface area contributed by atoms with Crippen molar-refractivity contribution in [2.45, 2.75) is 44.7 Å². The highest BCUT2D eigenvalue weighted by molar-refractivity contribution is 8.00. The Morgan fingerprint density at radius 2 is 1.74 bits per heavy atom. The minimum atomic E-state index is -0.514. The minimum Gasteiger partial charge on any atom is -0.354 e. The molecule has 0 aliphatic carbocycles. The molecule has 0 spiro atoms. The van der Waals surface area contributed by atoms with E-state index in [1.807, 2.05) is 68.4 Å². The lowest BCUT2D eigenvalue weighted by atomic mass is 10.1. The number of hydrogen-bond donors (Lipinski definition) is 1. The number of nitrogens with zero attached hydrogens (tertiary/aromatic N) is 1. The number of amides is 2. The van der Waals surface area contributed by atoms with Crippen LogP contribution in [-0.4, -0.2) is 35.1 Å². The summed E-state index contributed by atoms with van der Waals surface area (Å²) in [5.74, 6) is 0.163. The molecule has 0 aromatic heterocycles. The maximum atomic E-state index is 13.0. The maximum Gasteiger partial charge on any atom is 0.242 e. The van der Waals surface area contributed by atoms with E-state index in [2.05, 4.69) is 5.32 Å². The van der Waals surface area contributed by atoms with E-state index in [1.54, 1.807) is 11.8 Å². The Morgan fingerprint density at radius 3 is 2.41 bits per heavy atom. The first-order valence-corrected chi connectivity index (χ1v) is 10.3. The lowest BCUT2D eigenvalue weighted by Crippen LogP contribution is -2.48. The van der Waals surface area contributed by atoms with Crippen molar-refractivity contribution in [3.63, 3.8) is 0 Å². The molecule has 144 valence electrons. The molecule has 0 bridgehead atoms. The molecule has 1 N–H and O–H groups in total. The third-order valence-corrected chi connectivity index (χ3v) is 5.42. The number of rotatable bonds is 9. The normalized spacial score (nSPS) is 11.7. The van der Waals surface area contributed by atoms with Crippen molar-refractivity contribution in [1.29, 1.82) is 0 Å². The third kappa shape index (κ3) is 6.43. The second-order valence-corrected chi connectivity index (χ2v) is 7.57. The van der Waals surface area contributed by atoms with Gasteiger partial charge in [-0.1, -0.05) is 49.4 Å². The van der Waals surface area contributed by atoms with E-state index in [0.717, 1.165) is 22.4 Å². The van der Waals surface area contributed by atoms with Crippen molar-refractivity contribution in [3.05, 3.63) is 65.7 Å². The Hall–Kier alpha value is -2.27. The average Bonchev–Trinajstić information content (AvgIpc) is 2.70. The first-order chi connectivity index (χ1) is 13.0. The van der Waals surface area contributed by atoms with Crippen LogP contribution in [0.3, 0.4) is 0 Å². The summed E-state index contributed by atoms with van der Waals surface area (Å²) in [5, 5.41) is 2.90. The van der Waals surface area contributed by atoms with Crippen LogP contribution in [0, 0.1) is 6.92 Å². The summed E-state index contributed by atoms with van der Waals surface area (Å²) in [6, 6.07) is 17.3. The van der Waals surface area contributed by atoms with Gasteiger partial charge in [0, 0.05) is 18.0 Å². The number of benzene rings is 2. The van der Waals surface area contributed by atoms with Crippen molar-refractivity contribution in [1.82, 2.24) is 10.2 Å². The molecule has 0 unspecified atom stereocenters. The predicted molar refractivity (Wildman–Crippen MR) is 112 cm³/mol. The topological polar surface area (TPSA) is 49.4 Å². The lowest BCUT2D eigenvalue weighted by molar-refractivity contribution is -0.138. The van der Waals surface area contributed by atoms with Gasteiger partial charge < -0.3 is 10.2 Å². The van der Waals surface area contributed by atoms with Crippen molar-refractivity contribution < 1.29 is 9.59 Å². The van der Waals surface area contributed by atoms with Gasteiger partial charge >= 0.3 is 0 Å². The number of nitrogens with one attached hydrogen (secondary N) is 1. The quantitative estimate of drug-likeness (QED) is 0.664. The van der Waals surface area contributed by atoms with Crippen molar-refractivity contribution in [3.8, 4) is 0 Å². The summed E-state index contributed by atoms with van der Waals surface area (Å²) in [6.07, 6.45) is 0.869. The summed E-state index contributed by atoms with van der Waals surface area (Å²) in [5.41, 5.74) is 2.18. The Morgan fingerprint density at radius 1 is 1.07 bits per heavy atom. The lowest BCUT2D eigenvalue weighted by Gasteiger charge is -2.29. The molecule has 5 heteroatoms. The van der Waals surface area contributed by atoms with Gasteiger partial charge in [0.2, 0.25) is 11.8 Å². The molecule has 0 aliphatic rings. The molecule has 27 heavy (non-hydrogen) atoms. The van der Waals surface area contributed by atoms with E-state index >= 15 is 0 Å². The van der Waals surface area contributed by atoms with Gasteiger partial charge in [0.25, 0.3) is 0 Å². The third-order valence-electron chi connectivity index (χ3n) is 4.42. The Labute approximate surface area is 166 Å². The van der Waals surface area contributed by atoms with Gasteiger partial charge in [-0.15, -0.1) is 11.8 Å². The smallest absolute Gasteiger partial charge is 0.242 e. The molecule has 0 fully saturated rings. The predicted octanol–water partition coefficient (Wildman–Crippen LogP) is 4.03. The molecular weight excluding hydrogens is 356 g/mol. The zero-order chi connectivity index (χ0) is 19.6. The van der Waals surface area contributed by atoms with Crippen molar-refractivity contribution in [2.24, 2.45) is 0 Å². The molecule has 0 saturated carbocycles. The van der Waals surface area contributed by atoms with Crippen LogP contribution >= 0.6 is 11.8 Å². The standard InChI is InChI=1S/C22H28N2O2S/c1-4-14-23-22(26)18(3)24(15-19-11-9-8-10-17(19)2)21(25)16-27-20-12-6-5-7-13-20/h5-13,18H,4,14-16H2,1-3H3,(H,23,26)/t18-/m0/s1. The molecular formula is C22H28N2O2S. The van der Waals surface area contributed by atoms with Crippen LogP contribution < -0.4 is 5.32 Å². The molecule has 4 nitrogen and oxygen atoms in total. The summed E-state index contributed by atoms with van der Waals surface area (Å²) in [6.45, 7) is 6.89. The van der Waals surface area contributed by atoms with Crippen LogP contribution in [0.4, 0.5) is 0 Å². The molecule has 0 aliphatic heterocycles. The van der Waals surface area contributed by atoms with Gasteiger partial charge in [-0.2, -0.15) is 0 Å². The molecule has 0 radical (unpaired) electrons. The molecule has 2 aromatic carbocycles. The summed E-state index contributed by atoms with van der Waals surface area (Å²) >= 11 is 1.50. The van der Waals surface area contributed by atoms with E-state index in [-0.39, 0.29) is 11.8 Å². The maximum absolute atomic E-state index is 13.0.